The van der Waals surface area contributed by atoms with E-state index < -0.39 is 0 Å². The van der Waals surface area contributed by atoms with Crippen molar-refractivity contribution in [3.63, 3.8) is 0 Å². The molecule has 7 nitrogen and oxygen atoms in total. The third-order valence-corrected chi connectivity index (χ3v) is 6.55. The lowest BCUT2D eigenvalue weighted by atomic mass is 9.96. The first-order valence-corrected chi connectivity index (χ1v) is 11.9. The molecule has 4 aromatic rings. The number of amides is 1. The molecule has 1 saturated heterocycles. The minimum atomic E-state index is -0.387. The molecular weight excluding hydrogens is 445 g/mol. The van der Waals surface area contributed by atoms with E-state index in [1.807, 2.05) is 18.2 Å². The number of anilines is 1. The number of likely N-dealkylation sites (tertiary alicyclic amines) is 1. The fraction of sp³-hybridized carbons (Fsp3) is 0.333. The number of benzene rings is 1. The maximum atomic E-state index is 13.6. The van der Waals surface area contributed by atoms with Crippen LogP contribution in [0.5, 0.6) is 0 Å². The molecule has 0 bridgehead atoms. The summed E-state index contributed by atoms with van der Waals surface area (Å²) in [5.41, 5.74) is 2.14. The van der Waals surface area contributed by atoms with Gasteiger partial charge in [-0.15, -0.1) is 0 Å². The Hall–Kier alpha value is -3.65. The van der Waals surface area contributed by atoms with Crippen LogP contribution >= 0.6 is 0 Å². The van der Waals surface area contributed by atoms with Gasteiger partial charge in [0, 0.05) is 35.3 Å². The quantitative estimate of drug-likeness (QED) is 0.415. The van der Waals surface area contributed by atoms with E-state index in [-0.39, 0.29) is 18.1 Å². The number of carbonyl (C=O) groups is 1. The molecule has 1 aliphatic heterocycles. The van der Waals surface area contributed by atoms with Gasteiger partial charge in [-0.3, -0.25) is 9.78 Å². The van der Waals surface area contributed by atoms with Crippen LogP contribution in [0, 0.1) is 5.82 Å². The summed E-state index contributed by atoms with van der Waals surface area (Å²) < 4.78 is 19.3. The molecule has 1 fully saturated rings. The lowest BCUT2D eigenvalue weighted by Crippen LogP contribution is -2.37. The van der Waals surface area contributed by atoms with E-state index in [0.29, 0.717) is 29.0 Å². The Morgan fingerprint density at radius 2 is 1.94 bits per heavy atom. The summed E-state index contributed by atoms with van der Waals surface area (Å²) in [4.78, 5) is 28.0. The van der Waals surface area contributed by atoms with E-state index >= 15 is 0 Å². The Kier molecular flexibility index (Phi) is 6.55. The molecule has 180 valence electrons. The molecule has 1 aliphatic rings. The Morgan fingerprint density at radius 1 is 1.11 bits per heavy atom. The molecule has 1 N–H and O–H groups in total. The smallest absolute Gasteiger partial charge is 0.231 e. The number of fused-ring (bicyclic) bond motifs is 1. The van der Waals surface area contributed by atoms with Crippen molar-refractivity contribution in [1.82, 2.24) is 19.9 Å². The topological polar surface area (TPSA) is 84.2 Å². The highest BCUT2D eigenvalue weighted by molar-refractivity contribution is 5.94. The predicted octanol–water partition coefficient (Wildman–Crippen LogP) is 5.19. The van der Waals surface area contributed by atoms with Crippen LogP contribution in [-0.4, -0.2) is 44.9 Å². The summed E-state index contributed by atoms with van der Waals surface area (Å²) in [6.45, 7) is 6.50. The van der Waals surface area contributed by atoms with Crippen molar-refractivity contribution >= 4 is 22.5 Å². The number of pyridine rings is 2. The Bertz CT molecular complexity index is 1340. The number of nitrogens with one attached hydrogen (secondary N) is 1. The van der Waals surface area contributed by atoms with Gasteiger partial charge in [-0.2, -0.15) is 0 Å². The monoisotopic (exact) mass is 473 g/mol. The number of halogens is 1. The average molecular weight is 474 g/mol. The zero-order chi connectivity index (χ0) is 24.4. The van der Waals surface area contributed by atoms with Crippen LogP contribution in [0.25, 0.3) is 21.9 Å². The van der Waals surface area contributed by atoms with Crippen LogP contribution in [0.1, 0.15) is 44.2 Å². The molecule has 1 amide bonds. The molecule has 0 unspecified atom stereocenters. The highest BCUT2D eigenvalue weighted by Crippen LogP contribution is 2.29. The molecule has 4 heterocycles. The van der Waals surface area contributed by atoms with Crippen LogP contribution in [0.3, 0.4) is 0 Å². The van der Waals surface area contributed by atoms with Crippen molar-refractivity contribution in [2.75, 3.05) is 18.4 Å². The van der Waals surface area contributed by atoms with Gasteiger partial charge in [0.1, 0.15) is 17.9 Å². The van der Waals surface area contributed by atoms with Crippen LogP contribution < -0.4 is 5.32 Å². The van der Waals surface area contributed by atoms with Crippen molar-refractivity contribution in [3.05, 3.63) is 72.6 Å². The number of piperidine rings is 1. The highest BCUT2D eigenvalue weighted by atomic mass is 19.1. The number of aromatic nitrogens is 3. The molecule has 5 rings (SSSR count). The molecule has 3 aromatic heterocycles. The summed E-state index contributed by atoms with van der Waals surface area (Å²) >= 11 is 0. The van der Waals surface area contributed by atoms with Crippen molar-refractivity contribution < 1.29 is 13.6 Å². The van der Waals surface area contributed by atoms with Gasteiger partial charge in [0.25, 0.3) is 0 Å². The molecular formula is C27H28FN5O2. The van der Waals surface area contributed by atoms with Crippen LogP contribution in [-0.2, 0) is 11.2 Å². The summed E-state index contributed by atoms with van der Waals surface area (Å²) in [5.74, 6) is 0.867. The summed E-state index contributed by atoms with van der Waals surface area (Å²) in [6, 6.07) is 9.54. The standard InChI is InChI=1S/C27H28FN5O2/c1-17(2)33-7-5-18(6-8-33)27-31-24(16-35-27)12-26(34)32-25-11-21-9-19(3-4-20(21)14-30-25)22-10-23(28)15-29-13-22/h3-4,9-11,13-18H,5-8,12H2,1-2H3,(H,30,32,34). The lowest BCUT2D eigenvalue weighted by molar-refractivity contribution is -0.115. The van der Waals surface area contributed by atoms with Gasteiger partial charge < -0.3 is 14.6 Å². The van der Waals surface area contributed by atoms with Crippen LogP contribution in [0.4, 0.5) is 10.2 Å². The van der Waals surface area contributed by atoms with Gasteiger partial charge >= 0.3 is 0 Å². The van der Waals surface area contributed by atoms with E-state index in [9.17, 15) is 9.18 Å². The van der Waals surface area contributed by atoms with E-state index in [0.717, 1.165) is 48.2 Å². The minimum Gasteiger partial charge on any atom is -0.448 e. The number of nitrogens with zero attached hydrogens (tertiary/aromatic N) is 4. The third-order valence-electron chi connectivity index (χ3n) is 6.55. The first-order chi connectivity index (χ1) is 16.9. The molecule has 1 aromatic carbocycles. The maximum absolute atomic E-state index is 13.6. The van der Waals surface area contributed by atoms with Gasteiger partial charge in [0.2, 0.25) is 5.91 Å². The van der Waals surface area contributed by atoms with Crippen molar-refractivity contribution in [3.8, 4) is 11.1 Å². The SMILES string of the molecule is CC(C)N1CCC(c2nc(CC(=O)Nc3cc4cc(-c5cncc(F)c5)ccc4cn3)co2)CC1. The zero-order valence-corrected chi connectivity index (χ0v) is 19.9. The van der Waals surface area contributed by atoms with Crippen molar-refractivity contribution in [2.45, 2.75) is 45.1 Å². The molecule has 0 spiro atoms. The number of hydrogen-bond acceptors (Lipinski definition) is 6. The molecule has 35 heavy (non-hydrogen) atoms. The maximum Gasteiger partial charge on any atom is 0.231 e. The van der Waals surface area contributed by atoms with Gasteiger partial charge in [0.15, 0.2) is 5.89 Å². The van der Waals surface area contributed by atoms with Crippen LogP contribution in [0.15, 0.2) is 59.6 Å². The fourth-order valence-electron chi connectivity index (χ4n) is 4.56. The Morgan fingerprint density at radius 3 is 2.71 bits per heavy atom. The van der Waals surface area contributed by atoms with E-state index in [1.165, 1.54) is 12.3 Å². The number of oxazole rings is 1. The second-order valence-corrected chi connectivity index (χ2v) is 9.33. The molecule has 0 saturated carbocycles. The summed E-state index contributed by atoms with van der Waals surface area (Å²) in [5, 5.41) is 4.65. The van der Waals surface area contributed by atoms with E-state index in [1.54, 1.807) is 24.7 Å². The highest BCUT2D eigenvalue weighted by Gasteiger charge is 2.25. The normalized spacial score (nSPS) is 15.1. The average Bonchev–Trinajstić information content (AvgIpc) is 3.32. The zero-order valence-electron chi connectivity index (χ0n) is 19.9. The first kappa shape index (κ1) is 23.1. The van der Waals surface area contributed by atoms with Gasteiger partial charge in [-0.1, -0.05) is 12.1 Å². The number of carbonyl (C=O) groups excluding carboxylic acids is 1. The van der Waals surface area contributed by atoms with Crippen molar-refractivity contribution in [1.29, 1.82) is 0 Å². The van der Waals surface area contributed by atoms with Crippen molar-refractivity contribution in [2.24, 2.45) is 0 Å². The summed E-state index contributed by atoms with van der Waals surface area (Å²) in [7, 11) is 0. The third kappa shape index (κ3) is 5.38. The van der Waals surface area contributed by atoms with E-state index in [2.05, 4.69) is 39.0 Å². The second-order valence-electron chi connectivity index (χ2n) is 9.33. The minimum absolute atomic E-state index is 0.114. The summed E-state index contributed by atoms with van der Waals surface area (Å²) in [6.07, 6.45) is 8.22. The predicted molar refractivity (Wildman–Crippen MR) is 132 cm³/mol. The molecule has 0 atom stereocenters. The lowest BCUT2D eigenvalue weighted by Gasteiger charge is -2.33. The number of rotatable bonds is 6. The first-order valence-electron chi connectivity index (χ1n) is 11.9. The van der Waals surface area contributed by atoms with Crippen LogP contribution in [0.2, 0.25) is 0 Å². The molecule has 0 radical (unpaired) electrons. The largest absolute Gasteiger partial charge is 0.448 e. The van der Waals surface area contributed by atoms with Gasteiger partial charge in [-0.05, 0) is 68.9 Å². The molecule has 8 heteroatoms. The fourth-order valence-corrected chi connectivity index (χ4v) is 4.56. The number of hydrogen-bond donors (Lipinski definition) is 1. The van der Waals surface area contributed by atoms with E-state index in [4.69, 9.17) is 4.42 Å². The Labute approximate surface area is 203 Å². The van der Waals surface area contributed by atoms with Gasteiger partial charge in [-0.25, -0.2) is 14.4 Å². The molecule has 0 aliphatic carbocycles. The Balaban J connectivity index is 1.24. The second kappa shape index (κ2) is 9.92. The van der Waals surface area contributed by atoms with Gasteiger partial charge in [0.05, 0.1) is 18.3 Å².